The molecule has 0 N–H and O–H groups in total. The predicted octanol–water partition coefficient (Wildman–Crippen LogP) is 6.58. The van der Waals surface area contributed by atoms with E-state index in [4.69, 9.17) is 9.16 Å². The maximum absolute atomic E-state index is 12.8. The van der Waals surface area contributed by atoms with Crippen molar-refractivity contribution in [1.29, 1.82) is 0 Å². The van der Waals surface area contributed by atoms with E-state index in [9.17, 15) is 14.4 Å². The van der Waals surface area contributed by atoms with Crippen molar-refractivity contribution >= 4 is 25.9 Å². The van der Waals surface area contributed by atoms with E-state index in [-0.39, 0.29) is 48.6 Å². The molecule has 0 saturated carbocycles. The lowest BCUT2D eigenvalue weighted by atomic mass is 9.93. The average molecular weight is 467 g/mol. The Labute approximate surface area is 197 Å². The van der Waals surface area contributed by atoms with Crippen LogP contribution in [0.2, 0.25) is 18.1 Å². The number of hydrogen-bond donors (Lipinski definition) is 0. The largest absolute Gasteiger partial charge is 0.465 e. The fraction of sp³-hybridized carbons (Fsp3) is 0.731. The molecule has 2 unspecified atom stereocenters. The summed E-state index contributed by atoms with van der Waals surface area (Å²) in [5, 5.41) is 0.0466. The monoisotopic (exact) mass is 466 g/mol. The molecule has 5 nitrogen and oxygen atoms in total. The van der Waals surface area contributed by atoms with E-state index in [1.54, 1.807) is 6.92 Å². The summed E-state index contributed by atoms with van der Waals surface area (Å²) < 4.78 is 11.3. The van der Waals surface area contributed by atoms with Crippen molar-refractivity contribution in [3.63, 3.8) is 0 Å². The standard InChI is InChI=1S/C26H46O5Si/c1-11-30-25(29)23(16-15-20(4)14-12-13-19(2)3)24(28)18-22(27)17-21(5)31-32(9,10)26(6,7)8/h13,15,21,23H,11-12,14,16-18H2,1-10H3/b20-15+. The van der Waals surface area contributed by atoms with Gasteiger partial charge in [-0.25, -0.2) is 0 Å². The third kappa shape index (κ3) is 11.9. The molecule has 0 aliphatic carbocycles. The summed E-state index contributed by atoms with van der Waals surface area (Å²) in [5.41, 5.74) is 2.38. The van der Waals surface area contributed by atoms with Crippen LogP contribution in [0.1, 0.15) is 87.5 Å². The van der Waals surface area contributed by atoms with Gasteiger partial charge in [0.25, 0.3) is 0 Å². The summed E-state index contributed by atoms with van der Waals surface area (Å²) >= 11 is 0. The van der Waals surface area contributed by atoms with Gasteiger partial charge in [-0.1, -0.05) is 44.1 Å². The normalized spacial score (nSPS) is 14.5. The number of ketones is 2. The molecule has 0 aromatic heterocycles. The second-order valence-electron chi connectivity index (χ2n) is 10.5. The van der Waals surface area contributed by atoms with Gasteiger partial charge in [0.1, 0.15) is 11.7 Å². The van der Waals surface area contributed by atoms with Crippen LogP contribution >= 0.6 is 0 Å². The lowest BCUT2D eigenvalue weighted by Gasteiger charge is -2.38. The Hall–Kier alpha value is -1.53. The summed E-state index contributed by atoms with van der Waals surface area (Å²) in [5.74, 6) is -2.06. The molecule has 0 rings (SSSR count). The summed E-state index contributed by atoms with van der Waals surface area (Å²) in [6.45, 7) is 20.6. The number of carbonyl (C=O) groups excluding carboxylic acids is 3. The van der Waals surface area contributed by atoms with E-state index in [2.05, 4.69) is 53.8 Å². The summed E-state index contributed by atoms with van der Waals surface area (Å²) in [6.07, 6.45) is 5.80. The van der Waals surface area contributed by atoms with Crippen molar-refractivity contribution in [2.45, 2.75) is 112 Å². The zero-order chi connectivity index (χ0) is 25.1. The van der Waals surface area contributed by atoms with E-state index in [0.29, 0.717) is 0 Å². The highest BCUT2D eigenvalue weighted by atomic mass is 28.4. The molecular formula is C26H46O5Si. The molecule has 0 aliphatic rings. The van der Waals surface area contributed by atoms with Crippen molar-refractivity contribution in [3.8, 4) is 0 Å². The molecule has 0 aliphatic heterocycles. The summed E-state index contributed by atoms with van der Waals surface area (Å²) in [7, 11) is -1.99. The average Bonchev–Trinajstić information content (AvgIpc) is 2.59. The number of carbonyl (C=O) groups is 3. The van der Waals surface area contributed by atoms with Gasteiger partial charge < -0.3 is 9.16 Å². The maximum Gasteiger partial charge on any atom is 0.316 e. The molecule has 0 bridgehead atoms. The summed E-state index contributed by atoms with van der Waals surface area (Å²) in [4.78, 5) is 37.8. The summed E-state index contributed by atoms with van der Waals surface area (Å²) in [6, 6.07) is 0. The van der Waals surface area contributed by atoms with Gasteiger partial charge in [-0.2, -0.15) is 0 Å². The molecule has 0 saturated heterocycles. The smallest absolute Gasteiger partial charge is 0.316 e. The van der Waals surface area contributed by atoms with Gasteiger partial charge in [0.15, 0.2) is 14.1 Å². The van der Waals surface area contributed by atoms with Gasteiger partial charge in [0, 0.05) is 12.5 Å². The number of Topliss-reactive ketones (excluding diaryl/α,β-unsaturated/α-hetero) is 2. The van der Waals surface area contributed by atoms with Crippen LogP contribution in [0.15, 0.2) is 23.3 Å². The Morgan fingerprint density at radius 3 is 2.12 bits per heavy atom. The van der Waals surface area contributed by atoms with Crippen LogP contribution in [-0.2, 0) is 23.5 Å². The molecule has 0 aromatic carbocycles. The molecule has 0 amide bonds. The minimum Gasteiger partial charge on any atom is -0.465 e. The van der Waals surface area contributed by atoms with Crippen molar-refractivity contribution in [1.82, 2.24) is 0 Å². The fourth-order valence-electron chi connectivity index (χ4n) is 3.04. The number of allylic oxidation sites excluding steroid dienone is 4. The lowest BCUT2D eigenvalue weighted by molar-refractivity contribution is -0.151. The highest BCUT2D eigenvalue weighted by molar-refractivity contribution is 6.74. The number of hydrogen-bond acceptors (Lipinski definition) is 5. The highest BCUT2D eigenvalue weighted by Crippen LogP contribution is 2.37. The predicted molar refractivity (Wildman–Crippen MR) is 134 cm³/mol. The van der Waals surface area contributed by atoms with Crippen LogP contribution in [0.3, 0.4) is 0 Å². The van der Waals surface area contributed by atoms with Gasteiger partial charge in [-0.05, 0) is 72.0 Å². The second-order valence-corrected chi connectivity index (χ2v) is 15.2. The molecule has 32 heavy (non-hydrogen) atoms. The molecule has 0 fully saturated rings. The third-order valence-electron chi connectivity index (χ3n) is 5.94. The van der Waals surface area contributed by atoms with Crippen LogP contribution in [0.4, 0.5) is 0 Å². The second kappa shape index (κ2) is 13.9. The molecule has 0 radical (unpaired) electrons. The van der Waals surface area contributed by atoms with Gasteiger partial charge in [-0.3, -0.25) is 14.4 Å². The molecule has 184 valence electrons. The van der Waals surface area contributed by atoms with Crippen LogP contribution < -0.4 is 0 Å². The van der Waals surface area contributed by atoms with Crippen LogP contribution in [0, 0.1) is 5.92 Å². The first-order chi connectivity index (χ1) is 14.6. The van der Waals surface area contributed by atoms with Gasteiger partial charge in [0.2, 0.25) is 0 Å². The Kier molecular flexibility index (Phi) is 13.2. The van der Waals surface area contributed by atoms with Gasteiger partial charge >= 0.3 is 5.97 Å². The highest BCUT2D eigenvalue weighted by Gasteiger charge is 2.38. The Morgan fingerprint density at radius 2 is 1.62 bits per heavy atom. The molecule has 0 aromatic rings. The molecule has 6 heteroatoms. The van der Waals surface area contributed by atoms with E-state index in [0.717, 1.165) is 18.4 Å². The number of esters is 1. The fourth-order valence-corrected chi connectivity index (χ4v) is 4.49. The molecule has 0 spiro atoms. The number of rotatable bonds is 14. The molecular weight excluding hydrogens is 420 g/mol. The zero-order valence-electron chi connectivity index (χ0n) is 22.1. The van der Waals surface area contributed by atoms with Crippen molar-refractivity contribution in [2.24, 2.45) is 5.92 Å². The Bertz CT molecular complexity index is 693. The van der Waals surface area contributed by atoms with E-state index >= 15 is 0 Å². The SMILES string of the molecule is CCOC(=O)C(C/C=C(\C)CCC=C(C)C)C(=O)CC(=O)CC(C)O[Si](C)(C)C(C)(C)C. The van der Waals surface area contributed by atoms with Gasteiger partial charge in [-0.15, -0.1) is 0 Å². The first-order valence-electron chi connectivity index (χ1n) is 11.8. The van der Waals surface area contributed by atoms with Crippen LogP contribution in [0.25, 0.3) is 0 Å². The topological polar surface area (TPSA) is 69.7 Å². The molecule has 0 heterocycles. The Morgan fingerprint density at radius 1 is 1.03 bits per heavy atom. The third-order valence-corrected chi connectivity index (χ3v) is 10.5. The minimum atomic E-state index is -1.99. The van der Waals surface area contributed by atoms with Crippen molar-refractivity contribution in [2.75, 3.05) is 6.61 Å². The van der Waals surface area contributed by atoms with Gasteiger partial charge in [0.05, 0.1) is 13.0 Å². The van der Waals surface area contributed by atoms with E-state index in [1.165, 1.54) is 5.57 Å². The molecule has 2 atom stereocenters. The van der Waals surface area contributed by atoms with Crippen LogP contribution in [-0.4, -0.2) is 38.6 Å². The Balaban J connectivity index is 5.06. The number of ether oxygens (including phenoxy) is 1. The minimum absolute atomic E-state index is 0.0466. The first kappa shape index (κ1) is 30.5. The van der Waals surface area contributed by atoms with Crippen LogP contribution in [0.5, 0.6) is 0 Å². The lowest BCUT2D eigenvalue weighted by Crippen LogP contribution is -2.43. The van der Waals surface area contributed by atoms with E-state index in [1.807, 2.05) is 19.9 Å². The zero-order valence-corrected chi connectivity index (χ0v) is 23.1. The van der Waals surface area contributed by atoms with Crippen molar-refractivity contribution in [3.05, 3.63) is 23.3 Å². The first-order valence-corrected chi connectivity index (χ1v) is 14.7. The quantitative estimate of drug-likeness (QED) is 0.125. The van der Waals surface area contributed by atoms with Crippen molar-refractivity contribution < 1.29 is 23.5 Å². The maximum atomic E-state index is 12.8. The van der Waals surface area contributed by atoms with E-state index < -0.39 is 20.2 Å².